The molecule has 9 nitrogen and oxygen atoms in total. The number of esters is 1. The Morgan fingerprint density at radius 3 is 2.26 bits per heavy atom. The minimum Gasteiger partial charge on any atom is -0.494 e. The van der Waals surface area contributed by atoms with Gasteiger partial charge in [-0.1, -0.05) is 0 Å². The Hall–Kier alpha value is -4.14. The summed E-state index contributed by atoms with van der Waals surface area (Å²) in [4.78, 5) is 34.7. The molecule has 0 fully saturated rings. The Bertz CT molecular complexity index is 1120. The molecule has 1 amide bonds. The Kier molecular flexibility index (Phi) is 6.35. The number of rotatable bonds is 7. The number of hydrogen-bond acceptors (Lipinski definition) is 6. The molecule has 1 heterocycles. The van der Waals surface area contributed by atoms with Crippen molar-refractivity contribution >= 4 is 23.3 Å². The topological polar surface area (TPSA) is 113 Å². The number of aromatic nitrogens is 1. The summed E-state index contributed by atoms with van der Waals surface area (Å²) in [6.07, 6.45) is 0. The van der Waals surface area contributed by atoms with E-state index in [0.717, 1.165) is 17.1 Å². The molecule has 3 rings (SSSR count). The highest BCUT2D eigenvalue weighted by Crippen LogP contribution is 2.28. The first-order valence-corrected chi connectivity index (χ1v) is 9.35. The lowest BCUT2D eigenvalue weighted by Gasteiger charge is -2.11. The summed E-state index contributed by atoms with van der Waals surface area (Å²) >= 11 is 0. The van der Waals surface area contributed by atoms with Crippen molar-refractivity contribution in [3.63, 3.8) is 0 Å². The van der Waals surface area contributed by atoms with Gasteiger partial charge in [0.15, 0.2) is 6.61 Å². The number of non-ortho nitro benzene ring substituents is 1. The van der Waals surface area contributed by atoms with Crippen LogP contribution in [0.5, 0.6) is 5.75 Å². The van der Waals surface area contributed by atoms with Crippen LogP contribution in [0.25, 0.3) is 5.69 Å². The largest absolute Gasteiger partial charge is 0.494 e. The number of nitro groups is 1. The normalized spacial score (nSPS) is 10.4. The molecular formula is C22H21N3O6. The molecule has 0 unspecified atom stereocenters. The number of ether oxygens (including phenoxy) is 2. The van der Waals surface area contributed by atoms with Crippen molar-refractivity contribution in [1.29, 1.82) is 0 Å². The van der Waals surface area contributed by atoms with Crippen LogP contribution in [0.2, 0.25) is 0 Å². The number of amides is 1. The molecule has 0 saturated heterocycles. The quantitative estimate of drug-likeness (QED) is 0.351. The first-order valence-electron chi connectivity index (χ1n) is 9.35. The fourth-order valence-corrected chi connectivity index (χ4v) is 3.12. The molecule has 9 heteroatoms. The van der Waals surface area contributed by atoms with Crippen molar-refractivity contribution in [3.05, 3.63) is 81.7 Å². The summed E-state index contributed by atoms with van der Waals surface area (Å²) in [5.41, 5.74) is 3.44. The maximum atomic E-state index is 12.3. The summed E-state index contributed by atoms with van der Waals surface area (Å²) in [6.45, 7) is 3.47. The Labute approximate surface area is 178 Å². The first-order chi connectivity index (χ1) is 14.8. The minimum atomic E-state index is -0.640. The van der Waals surface area contributed by atoms with Crippen LogP contribution in [-0.2, 0) is 9.53 Å². The number of nitrogens with one attached hydrogen (secondary N) is 1. The van der Waals surface area contributed by atoms with E-state index in [-0.39, 0.29) is 17.1 Å². The molecule has 160 valence electrons. The molecule has 2 aromatic carbocycles. The third-order valence-electron chi connectivity index (χ3n) is 4.64. The van der Waals surface area contributed by atoms with Crippen LogP contribution in [0.15, 0.2) is 54.6 Å². The molecule has 0 radical (unpaired) electrons. The predicted octanol–water partition coefficient (Wildman–Crippen LogP) is 3.81. The fraction of sp³-hybridized carbons (Fsp3) is 0.182. The van der Waals surface area contributed by atoms with Crippen molar-refractivity contribution in [2.24, 2.45) is 0 Å². The van der Waals surface area contributed by atoms with Crippen LogP contribution in [-0.4, -0.2) is 35.1 Å². The summed E-state index contributed by atoms with van der Waals surface area (Å²) in [5, 5.41) is 13.3. The Morgan fingerprint density at radius 2 is 1.68 bits per heavy atom. The highest BCUT2D eigenvalue weighted by Gasteiger charge is 2.15. The van der Waals surface area contributed by atoms with Gasteiger partial charge in [0.25, 0.3) is 11.6 Å². The molecule has 0 aliphatic heterocycles. The standard InChI is InChI=1S/C22H21N3O6/c1-14-4-5-15(2)24(14)17-8-6-16(7-9-17)22(27)31-13-21(26)23-19-11-10-18(25(28)29)12-20(19)30-3/h4-12H,13H2,1-3H3,(H,23,26). The van der Waals surface area contributed by atoms with Gasteiger partial charge in [-0.05, 0) is 56.3 Å². The van der Waals surface area contributed by atoms with Gasteiger partial charge in [0.05, 0.1) is 29.4 Å². The van der Waals surface area contributed by atoms with Crippen molar-refractivity contribution in [2.75, 3.05) is 19.0 Å². The average molecular weight is 423 g/mol. The summed E-state index contributed by atoms with van der Waals surface area (Å²) in [5.74, 6) is -1.12. The van der Waals surface area contributed by atoms with Gasteiger partial charge in [0.1, 0.15) is 5.75 Å². The predicted molar refractivity (Wildman–Crippen MR) is 114 cm³/mol. The monoisotopic (exact) mass is 423 g/mol. The Morgan fingerprint density at radius 1 is 1.03 bits per heavy atom. The zero-order valence-electron chi connectivity index (χ0n) is 17.2. The second-order valence-electron chi connectivity index (χ2n) is 6.76. The van der Waals surface area contributed by atoms with Crippen LogP contribution in [0.4, 0.5) is 11.4 Å². The molecule has 1 N–H and O–H groups in total. The van der Waals surface area contributed by atoms with Crippen molar-refractivity contribution < 1.29 is 24.0 Å². The van der Waals surface area contributed by atoms with Gasteiger partial charge >= 0.3 is 5.97 Å². The van der Waals surface area contributed by atoms with E-state index in [1.54, 1.807) is 24.3 Å². The molecule has 0 aliphatic rings. The second-order valence-corrected chi connectivity index (χ2v) is 6.76. The smallest absolute Gasteiger partial charge is 0.338 e. The van der Waals surface area contributed by atoms with E-state index in [0.29, 0.717) is 5.56 Å². The van der Waals surface area contributed by atoms with E-state index in [2.05, 4.69) is 9.88 Å². The molecular weight excluding hydrogens is 402 g/mol. The van der Waals surface area contributed by atoms with Gasteiger partial charge in [-0.2, -0.15) is 0 Å². The van der Waals surface area contributed by atoms with E-state index in [1.807, 2.05) is 26.0 Å². The molecule has 1 aromatic heterocycles. The lowest BCUT2D eigenvalue weighted by Crippen LogP contribution is -2.21. The number of aryl methyl sites for hydroxylation is 2. The first kappa shape index (κ1) is 21.6. The van der Waals surface area contributed by atoms with Crippen LogP contribution in [0, 0.1) is 24.0 Å². The van der Waals surface area contributed by atoms with Crippen LogP contribution in [0.1, 0.15) is 21.7 Å². The number of carbonyl (C=O) groups excluding carboxylic acids is 2. The number of anilines is 1. The minimum absolute atomic E-state index is 0.125. The lowest BCUT2D eigenvalue weighted by molar-refractivity contribution is -0.384. The highest BCUT2D eigenvalue weighted by atomic mass is 16.6. The number of methoxy groups -OCH3 is 1. The molecule has 0 bridgehead atoms. The summed E-state index contributed by atoms with van der Waals surface area (Å²) in [7, 11) is 1.33. The molecule has 31 heavy (non-hydrogen) atoms. The van der Waals surface area contributed by atoms with E-state index in [9.17, 15) is 19.7 Å². The number of carbonyl (C=O) groups is 2. The van der Waals surface area contributed by atoms with E-state index in [1.165, 1.54) is 25.3 Å². The van der Waals surface area contributed by atoms with E-state index >= 15 is 0 Å². The second kappa shape index (κ2) is 9.12. The zero-order chi connectivity index (χ0) is 22.5. The SMILES string of the molecule is COc1cc([N+](=O)[O-])ccc1NC(=O)COC(=O)c1ccc(-n2c(C)ccc2C)cc1. The van der Waals surface area contributed by atoms with Gasteiger partial charge < -0.3 is 19.4 Å². The molecule has 0 aliphatic carbocycles. The number of nitrogens with zero attached hydrogens (tertiary/aromatic N) is 2. The van der Waals surface area contributed by atoms with Gasteiger partial charge in [-0.15, -0.1) is 0 Å². The zero-order valence-corrected chi connectivity index (χ0v) is 17.2. The molecule has 0 saturated carbocycles. The van der Waals surface area contributed by atoms with E-state index in [4.69, 9.17) is 9.47 Å². The molecule has 0 spiro atoms. The van der Waals surface area contributed by atoms with Gasteiger partial charge in [0, 0.05) is 23.1 Å². The van der Waals surface area contributed by atoms with Crippen LogP contribution < -0.4 is 10.1 Å². The lowest BCUT2D eigenvalue weighted by atomic mass is 10.2. The van der Waals surface area contributed by atoms with Crippen molar-refractivity contribution in [3.8, 4) is 11.4 Å². The number of hydrogen-bond donors (Lipinski definition) is 1. The summed E-state index contributed by atoms with van der Waals surface area (Å²) in [6, 6.07) is 14.7. The summed E-state index contributed by atoms with van der Waals surface area (Å²) < 4.78 is 12.2. The maximum absolute atomic E-state index is 12.3. The highest BCUT2D eigenvalue weighted by molar-refractivity contribution is 5.96. The third-order valence-corrected chi connectivity index (χ3v) is 4.64. The fourth-order valence-electron chi connectivity index (χ4n) is 3.12. The van der Waals surface area contributed by atoms with Gasteiger partial charge in [0.2, 0.25) is 0 Å². The maximum Gasteiger partial charge on any atom is 0.338 e. The van der Waals surface area contributed by atoms with Crippen molar-refractivity contribution in [2.45, 2.75) is 13.8 Å². The van der Waals surface area contributed by atoms with Gasteiger partial charge in [-0.25, -0.2) is 4.79 Å². The van der Waals surface area contributed by atoms with Crippen LogP contribution in [0.3, 0.4) is 0 Å². The number of benzene rings is 2. The van der Waals surface area contributed by atoms with Crippen LogP contribution >= 0.6 is 0 Å². The van der Waals surface area contributed by atoms with Crippen molar-refractivity contribution in [1.82, 2.24) is 4.57 Å². The van der Waals surface area contributed by atoms with Gasteiger partial charge in [-0.3, -0.25) is 14.9 Å². The Balaban J connectivity index is 1.61. The molecule has 3 aromatic rings. The average Bonchev–Trinajstić information content (AvgIpc) is 3.10. The number of nitro benzene ring substituents is 1. The third kappa shape index (κ3) is 4.89. The van der Waals surface area contributed by atoms with E-state index < -0.39 is 23.4 Å². The molecule has 0 atom stereocenters.